The predicted octanol–water partition coefficient (Wildman–Crippen LogP) is 2.80. The maximum absolute atomic E-state index is 10.9. The lowest BCUT2D eigenvalue weighted by atomic mass is 9.91. The molecule has 5 heteroatoms. The van der Waals surface area contributed by atoms with Gasteiger partial charge < -0.3 is 10.8 Å². The molecule has 5 nitrogen and oxygen atoms in total. The van der Waals surface area contributed by atoms with Crippen molar-refractivity contribution in [2.24, 2.45) is 11.7 Å². The van der Waals surface area contributed by atoms with Crippen molar-refractivity contribution in [2.75, 3.05) is 0 Å². The zero-order valence-electron chi connectivity index (χ0n) is 10.4. The van der Waals surface area contributed by atoms with Crippen LogP contribution in [0.3, 0.4) is 0 Å². The summed E-state index contributed by atoms with van der Waals surface area (Å²) >= 11 is 0. The quantitative estimate of drug-likeness (QED) is 0.637. The van der Waals surface area contributed by atoms with Crippen molar-refractivity contribution < 1.29 is 10.0 Å². The smallest absolute Gasteiger partial charge is 0.313 e. The minimum atomic E-state index is -0.546. The van der Waals surface area contributed by atoms with Crippen LogP contribution in [0, 0.1) is 23.0 Å². The van der Waals surface area contributed by atoms with Crippen LogP contribution >= 0.6 is 0 Å². The van der Waals surface area contributed by atoms with E-state index in [9.17, 15) is 15.2 Å². The summed E-state index contributed by atoms with van der Waals surface area (Å²) < 4.78 is 0. The summed E-state index contributed by atoms with van der Waals surface area (Å²) in [7, 11) is 0. The molecule has 0 saturated heterocycles. The lowest BCUT2D eigenvalue weighted by molar-refractivity contribution is -0.386. The van der Waals surface area contributed by atoms with Gasteiger partial charge in [0.05, 0.1) is 4.92 Å². The number of nitrogens with zero attached hydrogens (tertiary/aromatic N) is 1. The average Bonchev–Trinajstić information content (AvgIpc) is 2.81. The number of hydrogen-bond donors (Lipinski definition) is 2. The minimum absolute atomic E-state index is 0.221. The Bertz CT molecular complexity index is 468. The predicted molar refractivity (Wildman–Crippen MR) is 68.4 cm³/mol. The third kappa shape index (κ3) is 2.18. The Kier molecular flexibility index (Phi) is 3.52. The zero-order chi connectivity index (χ0) is 13.3. The Balaban J connectivity index is 2.39. The molecule has 0 aliphatic heterocycles. The summed E-state index contributed by atoms with van der Waals surface area (Å²) in [5.41, 5.74) is 6.87. The number of benzene rings is 1. The molecule has 1 aliphatic carbocycles. The summed E-state index contributed by atoms with van der Waals surface area (Å²) in [4.78, 5) is 10.4. The van der Waals surface area contributed by atoms with Crippen molar-refractivity contribution in [1.82, 2.24) is 0 Å². The third-order valence-electron chi connectivity index (χ3n) is 3.83. The first-order valence-electron chi connectivity index (χ1n) is 6.24. The molecule has 1 fully saturated rings. The van der Waals surface area contributed by atoms with Gasteiger partial charge in [-0.15, -0.1) is 0 Å². The summed E-state index contributed by atoms with van der Waals surface area (Å²) in [5, 5.41) is 21.0. The maximum Gasteiger partial charge on any atom is 0.313 e. The van der Waals surface area contributed by atoms with Crippen molar-refractivity contribution in [3.63, 3.8) is 0 Å². The topological polar surface area (TPSA) is 89.4 Å². The molecule has 0 amide bonds. The second-order valence-corrected chi connectivity index (χ2v) is 5.00. The van der Waals surface area contributed by atoms with Gasteiger partial charge in [0.15, 0.2) is 5.75 Å². The van der Waals surface area contributed by atoms with E-state index in [1.54, 1.807) is 19.1 Å². The number of rotatable bonds is 3. The highest BCUT2D eigenvalue weighted by Gasteiger charge is 2.29. The van der Waals surface area contributed by atoms with Gasteiger partial charge in [-0.05, 0) is 25.7 Å². The summed E-state index contributed by atoms with van der Waals surface area (Å²) in [6, 6.07) is 3.05. The van der Waals surface area contributed by atoms with E-state index in [1.807, 2.05) is 0 Å². The van der Waals surface area contributed by atoms with Crippen molar-refractivity contribution >= 4 is 5.69 Å². The van der Waals surface area contributed by atoms with Crippen LogP contribution in [0.4, 0.5) is 5.69 Å². The number of aromatic hydroxyl groups is 1. The first-order chi connectivity index (χ1) is 8.52. The van der Waals surface area contributed by atoms with Crippen LogP contribution in [0.5, 0.6) is 5.75 Å². The van der Waals surface area contributed by atoms with Gasteiger partial charge in [0.25, 0.3) is 0 Å². The molecule has 3 N–H and O–H groups in total. The molecular formula is C13H18N2O3. The average molecular weight is 250 g/mol. The molecule has 1 saturated carbocycles. The van der Waals surface area contributed by atoms with Gasteiger partial charge in [0.1, 0.15) is 0 Å². The largest absolute Gasteiger partial charge is 0.502 e. The Morgan fingerprint density at radius 1 is 1.44 bits per heavy atom. The molecule has 18 heavy (non-hydrogen) atoms. The van der Waals surface area contributed by atoms with E-state index in [0.717, 1.165) is 25.7 Å². The van der Waals surface area contributed by atoms with E-state index < -0.39 is 4.92 Å². The highest BCUT2D eigenvalue weighted by atomic mass is 16.6. The fourth-order valence-electron chi connectivity index (χ4n) is 2.77. The number of phenols is 1. The number of aryl methyl sites for hydroxylation is 1. The van der Waals surface area contributed by atoms with Crippen LogP contribution in [-0.2, 0) is 0 Å². The van der Waals surface area contributed by atoms with Crippen LogP contribution in [0.2, 0.25) is 0 Å². The second kappa shape index (κ2) is 4.94. The monoisotopic (exact) mass is 250 g/mol. The Morgan fingerprint density at radius 2 is 2.06 bits per heavy atom. The van der Waals surface area contributed by atoms with Gasteiger partial charge in [-0.3, -0.25) is 10.1 Å². The van der Waals surface area contributed by atoms with E-state index in [1.165, 1.54) is 0 Å². The first-order valence-corrected chi connectivity index (χ1v) is 6.24. The number of nitro benzene ring substituents is 1. The second-order valence-electron chi connectivity index (χ2n) is 5.00. The van der Waals surface area contributed by atoms with Gasteiger partial charge in [-0.25, -0.2) is 0 Å². The fraction of sp³-hybridized carbons (Fsp3) is 0.538. The molecule has 0 heterocycles. The molecule has 0 spiro atoms. The van der Waals surface area contributed by atoms with Crippen LogP contribution in [0.1, 0.15) is 42.9 Å². The van der Waals surface area contributed by atoms with E-state index in [2.05, 4.69) is 0 Å². The molecule has 98 valence electrons. The Labute approximate surface area is 106 Å². The lowest BCUT2D eigenvalue weighted by Gasteiger charge is -2.20. The molecule has 1 atom stereocenters. The SMILES string of the molecule is Cc1ccc([C@@H](N)C2CCCC2)c(O)c1[N+](=O)[O-]. The highest BCUT2D eigenvalue weighted by molar-refractivity contribution is 5.56. The van der Waals surface area contributed by atoms with Crippen LogP contribution in [0.25, 0.3) is 0 Å². The van der Waals surface area contributed by atoms with E-state index in [0.29, 0.717) is 17.0 Å². The summed E-state index contributed by atoms with van der Waals surface area (Å²) in [6.45, 7) is 1.61. The first kappa shape index (κ1) is 12.8. The molecule has 0 aromatic heterocycles. The molecule has 0 bridgehead atoms. The van der Waals surface area contributed by atoms with Gasteiger partial charge >= 0.3 is 5.69 Å². The van der Waals surface area contributed by atoms with Crippen LogP contribution < -0.4 is 5.73 Å². The van der Waals surface area contributed by atoms with Crippen molar-refractivity contribution in [3.05, 3.63) is 33.4 Å². The molecule has 1 aliphatic rings. The highest BCUT2D eigenvalue weighted by Crippen LogP contribution is 2.41. The summed E-state index contributed by atoms with van der Waals surface area (Å²) in [6.07, 6.45) is 4.35. The molecule has 1 aromatic rings. The molecule has 0 unspecified atom stereocenters. The van der Waals surface area contributed by atoms with Crippen molar-refractivity contribution in [3.8, 4) is 5.75 Å². The number of hydrogen-bond acceptors (Lipinski definition) is 4. The van der Waals surface area contributed by atoms with Crippen molar-refractivity contribution in [2.45, 2.75) is 38.6 Å². The molecular weight excluding hydrogens is 232 g/mol. The standard InChI is InChI=1S/C13H18N2O3/c1-8-6-7-10(13(16)12(8)15(17)18)11(14)9-4-2-3-5-9/h6-7,9,11,16H,2-5,14H2,1H3/t11-/m0/s1. The molecule has 2 rings (SSSR count). The van der Waals surface area contributed by atoms with Crippen LogP contribution in [0.15, 0.2) is 12.1 Å². The normalized spacial score (nSPS) is 17.9. The molecule has 1 aromatic carbocycles. The summed E-state index contributed by atoms with van der Waals surface area (Å²) in [5.74, 6) is 0.0533. The zero-order valence-corrected chi connectivity index (χ0v) is 10.4. The number of nitrogens with two attached hydrogens (primary N) is 1. The number of nitro groups is 1. The lowest BCUT2D eigenvalue weighted by Crippen LogP contribution is -2.19. The Hall–Kier alpha value is -1.62. The van der Waals surface area contributed by atoms with Gasteiger partial charge in [-0.2, -0.15) is 0 Å². The fourth-order valence-corrected chi connectivity index (χ4v) is 2.77. The minimum Gasteiger partial charge on any atom is -0.502 e. The Morgan fingerprint density at radius 3 is 2.61 bits per heavy atom. The van der Waals surface area contributed by atoms with E-state index >= 15 is 0 Å². The van der Waals surface area contributed by atoms with Crippen molar-refractivity contribution in [1.29, 1.82) is 0 Å². The van der Waals surface area contributed by atoms with Gasteiger partial charge in [0.2, 0.25) is 0 Å². The van der Waals surface area contributed by atoms with E-state index in [4.69, 9.17) is 5.73 Å². The maximum atomic E-state index is 10.9. The van der Waals surface area contributed by atoms with E-state index in [-0.39, 0.29) is 17.5 Å². The third-order valence-corrected chi connectivity index (χ3v) is 3.83. The van der Waals surface area contributed by atoms with Gasteiger partial charge in [0, 0.05) is 17.2 Å². The van der Waals surface area contributed by atoms with Crippen LogP contribution in [-0.4, -0.2) is 10.0 Å². The van der Waals surface area contributed by atoms with Gasteiger partial charge in [-0.1, -0.05) is 25.0 Å². The molecule has 0 radical (unpaired) electrons. The number of phenolic OH excluding ortho intramolecular Hbond substituents is 1.